The number of benzene rings is 2. The van der Waals surface area contributed by atoms with Gasteiger partial charge in [0.15, 0.2) is 5.58 Å². The number of aromatic nitrogens is 1. The summed E-state index contributed by atoms with van der Waals surface area (Å²) in [5, 5.41) is 9.73. The molecule has 98 valence electrons. The van der Waals surface area contributed by atoms with Crippen LogP contribution in [0.1, 0.15) is 11.1 Å². The molecule has 0 aliphatic rings. The molecule has 20 heavy (non-hydrogen) atoms. The molecule has 0 aliphatic carbocycles. The van der Waals surface area contributed by atoms with Crippen molar-refractivity contribution in [3.63, 3.8) is 0 Å². The second-order valence-corrected chi connectivity index (χ2v) is 5.19. The number of hydrogen-bond donors (Lipinski definition) is 1. The topological polar surface area (TPSA) is 75.8 Å². The highest BCUT2D eigenvalue weighted by Crippen LogP contribution is 2.32. The molecule has 0 bridgehead atoms. The van der Waals surface area contributed by atoms with Crippen molar-refractivity contribution < 1.29 is 4.42 Å². The predicted molar refractivity (Wildman–Crippen MR) is 77.2 cm³/mol. The van der Waals surface area contributed by atoms with Crippen LogP contribution >= 0.6 is 11.8 Å². The molecule has 3 rings (SSSR count). The highest BCUT2D eigenvalue weighted by molar-refractivity contribution is 7.99. The standard InChI is InChI=1S/C15H11N3OS/c16-8-10-5-6-14(11(7-10)9-17)20-15-18-12-3-1-2-4-13(12)19-15/h1-7H,8,16H2. The molecule has 4 nitrogen and oxygen atoms in total. The first-order valence-corrected chi connectivity index (χ1v) is 6.88. The fourth-order valence-corrected chi connectivity index (χ4v) is 2.68. The van der Waals surface area contributed by atoms with Gasteiger partial charge in [-0.25, -0.2) is 4.98 Å². The maximum absolute atomic E-state index is 9.20. The Hall–Kier alpha value is -2.29. The van der Waals surface area contributed by atoms with E-state index in [-0.39, 0.29) is 0 Å². The minimum atomic E-state index is 0.419. The first-order chi connectivity index (χ1) is 9.80. The van der Waals surface area contributed by atoms with E-state index in [1.807, 2.05) is 36.4 Å². The van der Waals surface area contributed by atoms with Crippen LogP contribution in [-0.2, 0) is 6.54 Å². The van der Waals surface area contributed by atoms with Crippen molar-refractivity contribution in [2.45, 2.75) is 16.7 Å². The lowest BCUT2D eigenvalue weighted by Gasteiger charge is -2.02. The van der Waals surface area contributed by atoms with E-state index >= 15 is 0 Å². The SMILES string of the molecule is N#Cc1cc(CN)ccc1Sc1nc2ccccc2o1. The van der Waals surface area contributed by atoms with Crippen molar-refractivity contribution in [2.75, 3.05) is 0 Å². The normalized spacial score (nSPS) is 10.6. The van der Waals surface area contributed by atoms with E-state index in [0.29, 0.717) is 17.3 Å². The quantitative estimate of drug-likeness (QED) is 0.797. The minimum absolute atomic E-state index is 0.419. The Kier molecular flexibility index (Phi) is 3.42. The van der Waals surface area contributed by atoms with E-state index in [9.17, 15) is 5.26 Å². The zero-order chi connectivity index (χ0) is 13.9. The van der Waals surface area contributed by atoms with Crippen LogP contribution < -0.4 is 5.73 Å². The predicted octanol–water partition coefficient (Wildman–Crippen LogP) is 3.31. The molecule has 0 unspecified atom stereocenters. The van der Waals surface area contributed by atoms with Gasteiger partial charge >= 0.3 is 0 Å². The second-order valence-electron chi connectivity index (χ2n) is 4.20. The molecule has 0 radical (unpaired) electrons. The summed E-state index contributed by atoms with van der Waals surface area (Å²) in [5.74, 6) is 0. The molecule has 2 N–H and O–H groups in total. The molecule has 0 amide bonds. The van der Waals surface area contributed by atoms with E-state index in [1.165, 1.54) is 11.8 Å². The third-order valence-electron chi connectivity index (χ3n) is 2.87. The molecule has 1 aromatic heterocycles. The molecular formula is C15H11N3OS. The Labute approximate surface area is 120 Å². The van der Waals surface area contributed by atoms with Crippen LogP contribution in [-0.4, -0.2) is 4.98 Å². The lowest BCUT2D eigenvalue weighted by atomic mass is 10.1. The van der Waals surface area contributed by atoms with E-state index in [4.69, 9.17) is 10.2 Å². The Morgan fingerprint density at radius 1 is 1.25 bits per heavy atom. The van der Waals surface area contributed by atoms with Crippen LogP contribution in [0.15, 0.2) is 57.0 Å². The number of fused-ring (bicyclic) bond motifs is 1. The number of rotatable bonds is 3. The van der Waals surface area contributed by atoms with Crippen LogP contribution in [0.5, 0.6) is 0 Å². The molecule has 0 fully saturated rings. The monoisotopic (exact) mass is 281 g/mol. The van der Waals surface area contributed by atoms with Crippen molar-refractivity contribution >= 4 is 22.9 Å². The highest BCUT2D eigenvalue weighted by atomic mass is 32.2. The lowest BCUT2D eigenvalue weighted by Crippen LogP contribution is -1.96. The molecule has 0 saturated carbocycles. The third kappa shape index (κ3) is 2.39. The molecule has 3 aromatic rings. The molecule has 0 saturated heterocycles. The minimum Gasteiger partial charge on any atom is -0.431 e. The summed E-state index contributed by atoms with van der Waals surface area (Å²) < 4.78 is 5.65. The molecule has 5 heteroatoms. The lowest BCUT2D eigenvalue weighted by molar-refractivity contribution is 0.489. The van der Waals surface area contributed by atoms with Gasteiger partial charge in [-0.15, -0.1) is 0 Å². The number of para-hydroxylation sites is 2. The molecular weight excluding hydrogens is 270 g/mol. The van der Waals surface area contributed by atoms with Crippen molar-refractivity contribution in [3.8, 4) is 6.07 Å². The zero-order valence-corrected chi connectivity index (χ0v) is 11.4. The van der Waals surface area contributed by atoms with Crippen molar-refractivity contribution in [2.24, 2.45) is 5.73 Å². The Balaban J connectivity index is 1.96. The average molecular weight is 281 g/mol. The van der Waals surface area contributed by atoms with E-state index in [2.05, 4.69) is 11.1 Å². The molecule has 1 heterocycles. The van der Waals surface area contributed by atoms with Gasteiger partial charge in [0.1, 0.15) is 11.6 Å². The van der Waals surface area contributed by atoms with Gasteiger partial charge in [0.05, 0.1) is 5.56 Å². The number of hydrogen-bond acceptors (Lipinski definition) is 5. The summed E-state index contributed by atoms with van der Waals surface area (Å²) in [6.07, 6.45) is 0. The fourth-order valence-electron chi connectivity index (χ4n) is 1.87. The first kappa shape index (κ1) is 12.7. The van der Waals surface area contributed by atoms with Gasteiger partial charge < -0.3 is 10.2 Å². The third-order valence-corrected chi connectivity index (χ3v) is 3.80. The largest absolute Gasteiger partial charge is 0.431 e. The highest BCUT2D eigenvalue weighted by Gasteiger charge is 2.10. The molecule has 0 spiro atoms. The summed E-state index contributed by atoms with van der Waals surface area (Å²) in [5.41, 5.74) is 8.65. The average Bonchev–Trinajstić information content (AvgIpc) is 2.90. The number of oxazole rings is 1. The van der Waals surface area contributed by atoms with E-state index < -0.39 is 0 Å². The number of nitrogens with zero attached hydrogens (tertiary/aromatic N) is 2. The van der Waals surface area contributed by atoms with Gasteiger partial charge in [0, 0.05) is 11.4 Å². The van der Waals surface area contributed by atoms with Crippen LogP contribution in [0, 0.1) is 11.3 Å². The molecule has 0 atom stereocenters. The second kappa shape index (κ2) is 5.37. The van der Waals surface area contributed by atoms with Gasteiger partial charge in [-0.3, -0.25) is 0 Å². The van der Waals surface area contributed by atoms with Crippen LogP contribution in [0.2, 0.25) is 0 Å². The van der Waals surface area contributed by atoms with Crippen molar-refractivity contribution in [3.05, 3.63) is 53.6 Å². The maximum atomic E-state index is 9.20. The number of nitrogens with two attached hydrogens (primary N) is 1. The smallest absolute Gasteiger partial charge is 0.261 e. The summed E-state index contributed by atoms with van der Waals surface area (Å²) >= 11 is 1.34. The van der Waals surface area contributed by atoms with Gasteiger partial charge in [-0.05, 0) is 41.6 Å². The van der Waals surface area contributed by atoms with Crippen LogP contribution in [0.3, 0.4) is 0 Å². The van der Waals surface area contributed by atoms with Crippen molar-refractivity contribution in [1.29, 1.82) is 5.26 Å². The molecule has 0 aliphatic heterocycles. The summed E-state index contributed by atoms with van der Waals surface area (Å²) in [6, 6.07) is 15.3. The first-order valence-electron chi connectivity index (χ1n) is 6.06. The summed E-state index contributed by atoms with van der Waals surface area (Å²) in [7, 11) is 0. The van der Waals surface area contributed by atoms with Crippen LogP contribution in [0.25, 0.3) is 11.1 Å². The van der Waals surface area contributed by atoms with Crippen LogP contribution in [0.4, 0.5) is 0 Å². The maximum Gasteiger partial charge on any atom is 0.261 e. The van der Waals surface area contributed by atoms with Crippen molar-refractivity contribution in [1.82, 2.24) is 4.98 Å². The van der Waals surface area contributed by atoms with Gasteiger partial charge in [0.25, 0.3) is 5.22 Å². The van der Waals surface area contributed by atoms with E-state index in [0.717, 1.165) is 21.6 Å². The van der Waals surface area contributed by atoms with Gasteiger partial charge in [-0.1, -0.05) is 18.2 Å². The Bertz CT molecular complexity index is 771. The summed E-state index contributed by atoms with van der Waals surface area (Å²) in [4.78, 5) is 5.20. The number of nitriles is 1. The Morgan fingerprint density at radius 2 is 2.10 bits per heavy atom. The zero-order valence-electron chi connectivity index (χ0n) is 10.5. The van der Waals surface area contributed by atoms with Gasteiger partial charge in [0.2, 0.25) is 0 Å². The molecule has 2 aromatic carbocycles. The summed E-state index contributed by atoms with van der Waals surface area (Å²) in [6.45, 7) is 0.419. The Morgan fingerprint density at radius 3 is 2.85 bits per heavy atom. The fraction of sp³-hybridized carbons (Fsp3) is 0.0667. The van der Waals surface area contributed by atoms with Gasteiger partial charge in [-0.2, -0.15) is 5.26 Å². The van der Waals surface area contributed by atoms with E-state index in [1.54, 1.807) is 6.07 Å².